The average Bonchev–Trinajstić information content (AvgIpc) is 2.89. The molecule has 2 aliphatic rings. The van der Waals surface area contributed by atoms with Crippen molar-refractivity contribution in [2.24, 2.45) is 0 Å². The van der Waals surface area contributed by atoms with E-state index < -0.39 is 27.7 Å². The lowest BCUT2D eigenvalue weighted by Crippen LogP contribution is -2.16. The van der Waals surface area contributed by atoms with Gasteiger partial charge in [0.05, 0.1) is 26.5 Å². The van der Waals surface area contributed by atoms with Crippen LogP contribution in [0.5, 0.6) is 0 Å². The van der Waals surface area contributed by atoms with E-state index in [0.717, 1.165) is 6.07 Å². The second kappa shape index (κ2) is 5.23. The summed E-state index contributed by atoms with van der Waals surface area (Å²) in [7, 11) is -4.03. The zero-order valence-electron chi connectivity index (χ0n) is 12.3. The van der Waals surface area contributed by atoms with Crippen molar-refractivity contribution in [1.29, 1.82) is 0 Å². The summed E-state index contributed by atoms with van der Waals surface area (Å²) in [5.74, 6) is -2.51. The van der Waals surface area contributed by atoms with E-state index >= 15 is 0 Å². The number of carbonyl (C=O) groups excluding carboxylic acids is 3. The van der Waals surface area contributed by atoms with Crippen LogP contribution in [0.25, 0.3) is 0 Å². The van der Waals surface area contributed by atoms with Crippen molar-refractivity contribution in [2.45, 2.75) is 16.4 Å². The highest BCUT2D eigenvalue weighted by Gasteiger charge is 2.32. The van der Waals surface area contributed by atoms with Crippen molar-refractivity contribution in [3.05, 3.63) is 58.7 Å². The Hall–Kier alpha value is -3.04. The molecular formula is C16H8O8S. The van der Waals surface area contributed by atoms with Crippen LogP contribution in [0.2, 0.25) is 0 Å². The van der Waals surface area contributed by atoms with E-state index in [0.29, 0.717) is 5.56 Å². The number of esters is 2. The largest absolute Gasteiger partial charge is 0.386 e. The highest BCUT2D eigenvalue weighted by atomic mass is 32.2. The van der Waals surface area contributed by atoms with Crippen LogP contribution in [-0.2, 0) is 31.0 Å². The van der Waals surface area contributed by atoms with Gasteiger partial charge < -0.3 is 4.74 Å². The number of ether oxygens (including phenoxy) is 1. The van der Waals surface area contributed by atoms with Gasteiger partial charge in [0.2, 0.25) is 9.84 Å². The van der Waals surface area contributed by atoms with E-state index in [2.05, 4.69) is 14.5 Å². The Kier molecular flexibility index (Phi) is 3.24. The maximum Gasteiger partial charge on any atom is 0.373 e. The van der Waals surface area contributed by atoms with Gasteiger partial charge in [-0.1, -0.05) is 6.07 Å². The van der Waals surface area contributed by atoms with Gasteiger partial charge in [0.25, 0.3) is 0 Å². The third-order valence-electron chi connectivity index (χ3n) is 3.89. The number of cyclic esters (lactones) is 2. The topological polar surface area (TPSA) is 113 Å². The Morgan fingerprint density at radius 2 is 1.40 bits per heavy atom. The molecule has 0 fully saturated rings. The van der Waals surface area contributed by atoms with E-state index in [1.165, 1.54) is 30.3 Å². The molecule has 2 aromatic carbocycles. The van der Waals surface area contributed by atoms with E-state index in [4.69, 9.17) is 0 Å². The van der Waals surface area contributed by atoms with E-state index in [-0.39, 0.29) is 33.1 Å². The van der Waals surface area contributed by atoms with Gasteiger partial charge in [0.15, 0.2) is 0 Å². The molecule has 4 rings (SSSR count). The molecule has 25 heavy (non-hydrogen) atoms. The monoisotopic (exact) mass is 360 g/mol. The fourth-order valence-electron chi connectivity index (χ4n) is 2.60. The van der Waals surface area contributed by atoms with Crippen molar-refractivity contribution in [2.75, 3.05) is 0 Å². The molecule has 0 spiro atoms. The highest BCUT2D eigenvalue weighted by molar-refractivity contribution is 7.91. The molecule has 0 aromatic heterocycles. The van der Waals surface area contributed by atoms with Gasteiger partial charge in [-0.25, -0.2) is 22.8 Å². The SMILES string of the molecule is O=C1OOCc2ccc(S(=O)(=O)c3ccc4c(c3)C(=O)OC4=O)cc21. The number of sulfone groups is 1. The zero-order valence-corrected chi connectivity index (χ0v) is 13.2. The smallest absolute Gasteiger partial charge is 0.373 e. The van der Waals surface area contributed by atoms with Gasteiger partial charge in [-0.05, 0) is 35.9 Å². The van der Waals surface area contributed by atoms with E-state index in [9.17, 15) is 22.8 Å². The van der Waals surface area contributed by atoms with Crippen LogP contribution >= 0.6 is 0 Å². The van der Waals surface area contributed by atoms with Crippen molar-refractivity contribution in [1.82, 2.24) is 0 Å². The van der Waals surface area contributed by atoms with E-state index in [1.54, 1.807) is 0 Å². The highest BCUT2D eigenvalue weighted by Crippen LogP contribution is 2.29. The minimum Gasteiger partial charge on any atom is -0.386 e. The van der Waals surface area contributed by atoms with Gasteiger partial charge >= 0.3 is 17.9 Å². The Labute approximate surface area is 140 Å². The Morgan fingerprint density at radius 3 is 2.16 bits per heavy atom. The van der Waals surface area contributed by atoms with Gasteiger partial charge in [0, 0.05) is 0 Å². The molecule has 0 saturated carbocycles. The lowest BCUT2D eigenvalue weighted by molar-refractivity contribution is -0.256. The molecule has 0 aliphatic carbocycles. The first-order valence-corrected chi connectivity index (χ1v) is 8.48. The molecule has 2 aromatic rings. The number of rotatable bonds is 2. The van der Waals surface area contributed by atoms with Gasteiger partial charge in [-0.15, -0.1) is 0 Å². The summed E-state index contributed by atoms with van der Waals surface area (Å²) in [6, 6.07) is 7.47. The molecule has 0 unspecified atom stereocenters. The molecule has 2 aliphatic heterocycles. The molecule has 0 N–H and O–H groups in total. The molecule has 0 amide bonds. The van der Waals surface area contributed by atoms with Gasteiger partial charge in [-0.2, -0.15) is 4.89 Å². The standard InChI is InChI=1S/C16H8O8S/c17-14-11-4-3-10(6-13(11)15(18)23-14)25(20,21)9-2-1-8-7-22-24-16(19)12(8)5-9/h1-6H,7H2. The number of benzene rings is 2. The number of carbonyl (C=O) groups is 3. The maximum atomic E-state index is 12.8. The van der Waals surface area contributed by atoms with Crippen LogP contribution in [0.1, 0.15) is 36.6 Å². The van der Waals surface area contributed by atoms with Crippen molar-refractivity contribution < 1.29 is 37.3 Å². The number of hydrogen-bond donors (Lipinski definition) is 0. The zero-order chi connectivity index (χ0) is 17.8. The van der Waals surface area contributed by atoms with Gasteiger partial charge in [0.1, 0.15) is 6.61 Å². The summed E-state index contributed by atoms with van der Waals surface area (Å²) >= 11 is 0. The first-order chi connectivity index (χ1) is 11.9. The first-order valence-electron chi connectivity index (χ1n) is 7.00. The van der Waals surface area contributed by atoms with Crippen LogP contribution in [0.15, 0.2) is 46.2 Å². The molecule has 8 nitrogen and oxygen atoms in total. The van der Waals surface area contributed by atoms with Gasteiger partial charge in [-0.3, -0.25) is 4.89 Å². The average molecular weight is 360 g/mol. The molecular weight excluding hydrogens is 352 g/mol. The molecule has 0 bridgehead atoms. The summed E-state index contributed by atoms with van der Waals surface area (Å²) in [6.45, 7) is 0.0220. The summed E-state index contributed by atoms with van der Waals surface area (Å²) in [6.07, 6.45) is 0. The quantitative estimate of drug-likeness (QED) is 0.449. The fourth-order valence-corrected chi connectivity index (χ4v) is 3.91. The Morgan fingerprint density at radius 1 is 0.760 bits per heavy atom. The summed E-state index contributed by atoms with van der Waals surface area (Å²) in [4.78, 5) is 43.4. The Bertz CT molecular complexity index is 1070. The summed E-state index contributed by atoms with van der Waals surface area (Å²) in [5.41, 5.74) is 0.480. The third-order valence-corrected chi connectivity index (χ3v) is 5.64. The maximum absolute atomic E-state index is 12.8. The number of fused-ring (bicyclic) bond motifs is 2. The van der Waals surface area contributed by atoms with Crippen LogP contribution in [0.3, 0.4) is 0 Å². The van der Waals surface area contributed by atoms with Crippen LogP contribution in [-0.4, -0.2) is 26.3 Å². The first kappa shape index (κ1) is 15.5. The minimum atomic E-state index is -4.03. The fraction of sp³-hybridized carbons (Fsp3) is 0.0625. The van der Waals surface area contributed by atoms with Crippen LogP contribution in [0, 0.1) is 0 Å². The molecule has 0 radical (unpaired) electrons. The van der Waals surface area contributed by atoms with Crippen LogP contribution in [0.4, 0.5) is 0 Å². The van der Waals surface area contributed by atoms with Crippen LogP contribution < -0.4 is 0 Å². The summed E-state index contributed by atoms with van der Waals surface area (Å²) in [5, 5.41) is 0. The molecule has 126 valence electrons. The molecule has 2 heterocycles. The lowest BCUT2D eigenvalue weighted by Gasteiger charge is -2.15. The normalized spacial score (nSPS) is 16.1. The number of hydrogen-bond acceptors (Lipinski definition) is 8. The predicted octanol–water partition coefficient (Wildman–Crippen LogP) is 1.43. The predicted molar refractivity (Wildman–Crippen MR) is 78.3 cm³/mol. The molecule has 9 heteroatoms. The van der Waals surface area contributed by atoms with Crippen molar-refractivity contribution >= 4 is 27.7 Å². The van der Waals surface area contributed by atoms with Crippen molar-refractivity contribution in [3.63, 3.8) is 0 Å². The second-order valence-electron chi connectivity index (χ2n) is 5.34. The third kappa shape index (κ3) is 2.32. The lowest BCUT2D eigenvalue weighted by atomic mass is 10.1. The van der Waals surface area contributed by atoms with E-state index in [1.807, 2.05) is 0 Å². The van der Waals surface area contributed by atoms with Crippen molar-refractivity contribution in [3.8, 4) is 0 Å². The Balaban J connectivity index is 1.82. The molecule has 0 saturated heterocycles. The molecule has 0 atom stereocenters. The second-order valence-corrected chi connectivity index (χ2v) is 7.29. The summed E-state index contributed by atoms with van der Waals surface area (Å²) < 4.78 is 30.0. The minimum absolute atomic E-state index is 0.00937.